The highest BCUT2D eigenvalue weighted by molar-refractivity contribution is 5.78. The summed E-state index contributed by atoms with van der Waals surface area (Å²) in [5.74, 6) is 0.417. The number of amides is 1. The molecule has 0 fully saturated rings. The van der Waals surface area contributed by atoms with E-state index in [-0.39, 0.29) is 17.9 Å². The van der Waals surface area contributed by atoms with Crippen molar-refractivity contribution in [1.82, 2.24) is 5.32 Å². The van der Waals surface area contributed by atoms with Crippen LogP contribution in [-0.2, 0) is 4.79 Å². The van der Waals surface area contributed by atoms with E-state index in [9.17, 15) is 4.79 Å². The Kier molecular flexibility index (Phi) is 9.30. The lowest BCUT2D eigenvalue weighted by Crippen LogP contribution is -2.37. The van der Waals surface area contributed by atoms with Gasteiger partial charge in [-0.3, -0.25) is 4.79 Å². The Morgan fingerprint density at radius 1 is 1.25 bits per heavy atom. The molecule has 3 N–H and O–H groups in total. The predicted molar refractivity (Wildman–Crippen MR) is 69.2 cm³/mol. The molecule has 2 unspecified atom stereocenters. The maximum absolute atomic E-state index is 11.9. The van der Waals surface area contributed by atoms with E-state index >= 15 is 0 Å². The van der Waals surface area contributed by atoms with Crippen molar-refractivity contribution >= 4 is 5.91 Å². The molecule has 2 atom stereocenters. The highest BCUT2D eigenvalue weighted by Gasteiger charge is 2.17. The van der Waals surface area contributed by atoms with Crippen LogP contribution in [-0.4, -0.2) is 18.5 Å². The quantitative estimate of drug-likeness (QED) is 0.637. The SMILES string of the molecule is CCCCC(CC)C(=O)NC(C)CCCN. The first-order valence-electron chi connectivity index (χ1n) is 6.66. The average molecular weight is 228 g/mol. The van der Waals surface area contributed by atoms with Crippen molar-refractivity contribution in [2.75, 3.05) is 6.54 Å². The maximum Gasteiger partial charge on any atom is 0.223 e. The van der Waals surface area contributed by atoms with Crippen molar-refractivity contribution in [2.24, 2.45) is 11.7 Å². The van der Waals surface area contributed by atoms with Crippen molar-refractivity contribution < 1.29 is 4.79 Å². The summed E-state index contributed by atoms with van der Waals surface area (Å²) in [5.41, 5.74) is 5.45. The molecule has 3 nitrogen and oxygen atoms in total. The smallest absolute Gasteiger partial charge is 0.223 e. The Labute approximate surface area is 100 Å². The van der Waals surface area contributed by atoms with Crippen molar-refractivity contribution in [3.63, 3.8) is 0 Å². The molecular formula is C13H28N2O. The molecule has 0 saturated heterocycles. The number of nitrogens with two attached hydrogens (primary N) is 1. The molecule has 96 valence electrons. The van der Waals surface area contributed by atoms with Gasteiger partial charge in [0.05, 0.1) is 0 Å². The first kappa shape index (κ1) is 15.4. The van der Waals surface area contributed by atoms with Gasteiger partial charge in [-0.2, -0.15) is 0 Å². The number of rotatable bonds is 9. The van der Waals surface area contributed by atoms with E-state index in [0.717, 1.165) is 38.5 Å². The minimum atomic E-state index is 0.195. The summed E-state index contributed by atoms with van der Waals surface area (Å²) < 4.78 is 0. The van der Waals surface area contributed by atoms with E-state index in [1.807, 2.05) is 0 Å². The first-order chi connectivity index (χ1) is 7.65. The van der Waals surface area contributed by atoms with E-state index in [2.05, 4.69) is 26.1 Å². The first-order valence-corrected chi connectivity index (χ1v) is 6.66. The van der Waals surface area contributed by atoms with Gasteiger partial charge >= 0.3 is 0 Å². The number of hydrogen-bond acceptors (Lipinski definition) is 2. The molecule has 0 aliphatic rings. The number of unbranched alkanes of at least 4 members (excludes halogenated alkanes) is 1. The Hall–Kier alpha value is -0.570. The van der Waals surface area contributed by atoms with Gasteiger partial charge in [0.25, 0.3) is 0 Å². The molecule has 3 heteroatoms. The molecule has 0 bridgehead atoms. The molecule has 0 aromatic heterocycles. The van der Waals surface area contributed by atoms with E-state index in [4.69, 9.17) is 5.73 Å². The Balaban J connectivity index is 3.89. The zero-order valence-electron chi connectivity index (χ0n) is 11.1. The Morgan fingerprint density at radius 2 is 1.94 bits per heavy atom. The van der Waals surface area contributed by atoms with Crippen LogP contribution in [0.4, 0.5) is 0 Å². The lowest BCUT2D eigenvalue weighted by Gasteiger charge is -2.19. The Bertz CT molecular complexity index is 183. The van der Waals surface area contributed by atoms with Crippen molar-refractivity contribution in [2.45, 2.75) is 65.3 Å². The third-order valence-electron chi connectivity index (χ3n) is 3.00. The van der Waals surface area contributed by atoms with Gasteiger partial charge < -0.3 is 11.1 Å². The maximum atomic E-state index is 11.9. The molecule has 0 heterocycles. The van der Waals surface area contributed by atoms with Crippen LogP contribution < -0.4 is 11.1 Å². The summed E-state index contributed by atoms with van der Waals surface area (Å²) >= 11 is 0. The highest BCUT2D eigenvalue weighted by Crippen LogP contribution is 2.13. The van der Waals surface area contributed by atoms with Gasteiger partial charge in [-0.15, -0.1) is 0 Å². The van der Waals surface area contributed by atoms with E-state index in [1.165, 1.54) is 0 Å². The summed E-state index contributed by atoms with van der Waals surface area (Å²) in [5, 5.41) is 3.08. The number of nitrogens with one attached hydrogen (secondary N) is 1. The van der Waals surface area contributed by atoms with Crippen LogP contribution >= 0.6 is 0 Å². The summed E-state index contributed by atoms with van der Waals surface area (Å²) in [6.07, 6.45) is 6.22. The fourth-order valence-electron chi connectivity index (χ4n) is 1.83. The standard InChI is InChI=1S/C13H28N2O/c1-4-6-9-12(5-2)13(16)15-11(3)8-7-10-14/h11-12H,4-10,14H2,1-3H3,(H,15,16). The molecular weight excluding hydrogens is 200 g/mol. The van der Waals surface area contributed by atoms with Gasteiger partial charge in [-0.1, -0.05) is 26.7 Å². The zero-order chi connectivity index (χ0) is 12.4. The zero-order valence-corrected chi connectivity index (χ0v) is 11.1. The van der Waals surface area contributed by atoms with Crippen LogP contribution in [0.2, 0.25) is 0 Å². The number of carbonyl (C=O) groups is 1. The lowest BCUT2D eigenvalue weighted by atomic mass is 9.98. The summed E-state index contributed by atoms with van der Waals surface area (Å²) in [7, 11) is 0. The van der Waals surface area contributed by atoms with Crippen LogP contribution in [0, 0.1) is 5.92 Å². The molecule has 0 aromatic carbocycles. The second-order valence-corrected chi connectivity index (χ2v) is 4.59. The van der Waals surface area contributed by atoms with Crippen molar-refractivity contribution in [3.8, 4) is 0 Å². The molecule has 0 aromatic rings. The summed E-state index contributed by atoms with van der Waals surface area (Å²) in [4.78, 5) is 11.9. The van der Waals surface area contributed by atoms with E-state index in [1.54, 1.807) is 0 Å². The van der Waals surface area contributed by atoms with E-state index < -0.39 is 0 Å². The molecule has 0 aliphatic heterocycles. The van der Waals surface area contributed by atoms with Crippen molar-refractivity contribution in [3.05, 3.63) is 0 Å². The highest BCUT2D eigenvalue weighted by atomic mass is 16.1. The second-order valence-electron chi connectivity index (χ2n) is 4.59. The largest absolute Gasteiger partial charge is 0.353 e. The third-order valence-corrected chi connectivity index (χ3v) is 3.00. The van der Waals surface area contributed by atoms with Gasteiger partial charge in [0, 0.05) is 12.0 Å². The molecule has 0 aliphatic carbocycles. The Morgan fingerprint density at radius 3 is 2.44 bits per heavy atom. The van der Waals surface area contributed by atoms with Crippen LogP contribution in [0.5, 0.6) is 0 Å². The fraction of sp³-hybridized carbons (Fsp3) is 0.923. The minimum Gasteiger partial charge on any atom is -0.353 e. The van der Waals surface area contributed by atoms with Gasteiger partial charge in [0.15, 0.2) is 0 Å². The normalized spacial score (nSPS) is 14.5. The summed E-state index contributed by atoms with van der Waals surface area (Å²) in [6.45, 7) is 7.01. The molecule has 0 radical (unpaired) electrons. The van der Waals surface area contributed by atoms with Gasteiger partial charge in [-0.05, 0) is 39.2 Å². The van der Waals surface area contributed by atoms with Crippen LogP contribution in [0.15, 0.2) is 0 Å². The minimum absolute atomic E-state index is 0.195. The van der Waals surface area contributed by atoms with Gasteiger partial charge in [0.1, 0.15) is 0 Å². The molecule has 1 amide bonds. The van der Waals surface area contributed by atoms with E-state index in [0.29, 0.717) is 6.54 Å². The van der Waals surface area contributed by atoms with Crippen LogP contribution in [0.3, 0.4) is 0 Å². The molecule has 16 heavy (non-hydrogen) atoms. The molecule has 0 rings (SSSR count). The van der Waals surface area contributed by atoms with Gasteiger partial charge in [0.2, 0.25) is 5.91 Å². The molecule has 0 spiro atoms. The lowest BCUT2D eigenvalue weighted by molar-refractivity contribution is -0.126. The van der Waals surface area contributed by atoms with Crippen LogP contribution in [0.1, 0.15) is 59.3 Å². The van der Waals surface area contributed by atoms with Crippen LogP contribution in [0.25, 0.3) is 0 Å². The second kappa shape index (κ2) is 9.64. The summed E-state index contributed by atoms with van der Waals surface area (Å²) in [6, 6.07) is 0.256. The number of hydrogen-bond donors (Lipinski definition) is 2. The molecule has 0 saturated carbocycles. The predicted octanol–water partition coefficient (Wildman–Crippen LogP) is 2.45. The monoisotopic (exact) mass is 228 g/mol. The number of carbonyl (C=O) groups excluding carboxylic acids is 1. The third kappa shape index (κ3) is 6.83. The fourth-order valence-corrected chi connectivity index (χ4v) is 1.83. The topological polar surface area (TPSA) is 55.1 Å². The van der Waals surface area contributed by atoms with Crippen molar-refractivity contribution in [1.29, 1.82) is 0 Å². The average Bonchev–Trinajstić information content (AvgIpc) is 2.27. The van der Waals surface area contributed by atoms with Gasteiger partial charge in [-0.25, -0.2) is 0 Å².